The number of hydrogen-bond donors (Lipinski definition) is 1. The van der Waals surface area contributed by atoms with E-state index in [4.69, 9.17) is 0 Å². The number of fused-ring (bicyclic) bond motifs is 3. The monoisotopic (exact) mass is 289 g/mol. The van der Waals surface area contributed by atoms with Gasteiger partial charge < -0.3 is 5.11 Å². The van der Waals surface area contributed by atoms with E-state index in [-0.39, 0.29) is 5.92 Å². The quantitative estimate of drug-likeness (QED) is 0.928. The van der Waals surface area contributed by atoms with Crippen LogP contribution in [0, 0.1) is 5.92 Å². The van der Waals surface area contributed by atoms with Crippen molar-refractivity contribution >= 4 is 17.7 Å². The molecule has 4 atom stereocenters. The molecule has 3 aliphatic rings. The first-order valence-electron chi connectivity index (χ1n) is 7.45. The van der Waals surface area contributed by atoms with Gasteiger partial charge in [0.15, 0.2) is 0 Å². The zero-order chi connectivity index (χ0) is 13.7. The lowest BCUT2D eigenvalue weighted by atomic mass is 9.89. The summed E-state index contributed by atoms with van der Waals surface area (Å²) in [7, 11) is 0. The van der Waals surface area contributed by atoms with Crippen LogP contribution >= 0.6 is 11.8 Å². The fraction of sp³-hybridized carbons (Fsp3) is 0.562. The molecule has 1 aromatic carbocycles. The molecular formula is C16H19NO2S. The highest BCUT2D eigenvalue weighted by Crippen LogP contribution is 2.44. The molecule has 4 heteroatoms. The number of benzene rings is 1. The molecule has 2 fully saturated rings. The Hall–Kier alpha value is -1.00. The van der Waals surface area contributed by atoms with Crippen LogP contribution in [0.2, 0.25) is 0 Å². The van der Waals surface area contributed by atoms with Gasteiger partial charge in [0.2, 0.25) is 0 Å². The number of carboxylic acid groups (broad SMARTS) is 1. The number of carboxylic acids is 1. The summed E-state index contributed by atoms with van der Waals surface area (Å²) in [4.78, 5) is 15.2. The van der Waals surface area contributed by atoms with E-state index >= 15 is 0 Å². The van der Waals surface area contributed by atoms with E-state index in [2.05, 4.69) is 29.2 Å². The zero-order valence-corrected chi connectivity index (χ0v) is 12.2. The second-order valence-corrected chi connectivity index (χ2v) is 7.57. The van der Waals surface area contributed by atoms with Gasteiger partial charge in [-0.2, -0.15) is 0 Å². The third-order valence-electron chi connectivity index (χ3n) is 5.13. The van der Waals surface area contributed by atoms with Gasteiger partial charge in [-0.25, -0.2) is 0 Å². The minimum Gasteiger partial charge on any atom is -0.481 e. The molecule has 106 valence electrons. The van der Waals surface area contributed by atoms with E-state index in [9.17, 15) is 9.90 Å². The maximum absolute atomic E-state index is 11.3. The summed E-state index contributed by atoms with van der Waals surface area (Å²) in [6, 6.07) is 9.46. The van der Waals surface area contributed by atoms with Gasteiger partial charge in [0.25, 0.3) is 0 Å². The van der Waals surface area contributed by atoms with Gasteiger partial charge in [-0.3, -0.25) is 9.69 Å². The molecule has 1 aromatic rings. The first kappa shape index (κ1) is 12.7. The molecule has 0 amide bonds. The lowest BCUT2D eigenvalue weighted by Gasteiger charge is -2.25. The van der Waals surface area contributed by atoms with Gasteiger partial charge in [0, 0.05) is 28.8 Å². The Bertz CT molecular complexity index is 522. The first-order valence-corrected chi connectivity index (χ1v) is 8.33. The summed E-state index contributed by atoms with van der Waals surface area (Å²) in [5.74, 6) is -0.716. The maximum atomic E-state index is 11.3. The Kier molecular flexibility index (Phi) is 3.04. The van der Waals surface area contributed by atoms with E-state index < -0.39 is 5.97 Å². The zero-order valence-electron chi connectivity index (χ0n) is 11.4. The molecule has 0 spiro atoms. The third kappa shape index (κ3) is 1.97. The smallest absolute Gasteiger partial charge is 0.308 e. The van der Waals surface area contributed by atoms with Crippen molar-refractivity contribution in [1.29, 1.82) is 0 Å². The van der Waals surface area contributed by atoms with Crippen molar-refractivity contribution in [3.8, 4) is 0 Å². The average Bonchev–Trinajstić information content (AvgIpc) is 3.11. The fourth-order valence-electron chi connectivity index (χ4n) is 4.24. The molecule has 20 heavy (non-hydrogen) atoms. The van der Waals surface area contributed by atoms with Crippen LogP contribution in [0.3, 0.4) is 0 Å². The number of thioether (sulfide) groups is 1. The van der Waals surface area contributed by atoms with Crippen LogP contribution < -0.4 is 0 Å². The molecule has 0 aliphatic carbocycles. The second-order valence-electron chi connectivity index (χ2n) is 6.23. The summed E-state index contributed by atoms with van der Waals surface area (Å²) < 4.78 is 0. The number of nitrogens with zero attached hydrogens (tertiary/aromatic N) is 1. The molecule has 4 rings (SSSR count). The van der Waals surface area contributed by atoms with Gasteiger partial charge in [-0.05, 0) is 37.3 Å². The highest BCUT2D eigenvalue weighted by Gasteiger charge is 2.49. The second kappa shape index (κ2) is 4.78. The van der Waals surface area contributed by atoms with E-state index in [1.165, 1.54) is 16.9 Å². The number of hydrogen-bond acceptors (Lipinski definition) is 3. The standard InChI is InChI=1S/C16H19NO2S/c18-16(19)13-8-11-5-6-14(13)17(11)9-12-7-10-3-1-2-4-15(10)20-12/h1-4,11-14H,5-9H2,(H,18,19). The van der Waals surface area contributed by atoms with Gasteiger partial charge >= 0.3 is 5.97 Å². The van der Waals surface area contributed by atoms with E-state index in [1.807, 2.05) is 11.8 Å². The number of rotatable bonds is 3. The molecule has 0 aromatic heterocycles. The Balaban J connectivity index is 1.45. The van der Waals surface area contributed by atoms with Crippen molar-refractivity contribution in [1.82, 2.24) is 4.90 Å². The highest BCUT2D eigenvalue weighted by molar-refractivity contribution is 8.00. The van der Waals surface area contributed by atoms with E-state index in [1.54, 1.807) is 0 Å². The van der Waals surface area contributed by atoms with Crippen molar-refractivity contribution < 1.29 is 9.90 Å². The lowest BCUT2D eigenvalue weighted by molar-refractivity contribution is -0.142. The Morgan fingerprint density at radius 1 is 1.35 bits per heavy atom. The third-order valence-corrected chi connectivity index (χ3v) is 6.43. The number of carbonyl (C=O) groups is 1. The summed E-state index contributed by atoms with van der Waals surface area (Å²) in [5.41, 5.74) is 1.46. The maximum Gasteiger partial charge on any atom is 0.308 e. The van der Waals surface area contributed by atoms with E-state index in [0.717, 1.165) is 25.8 Å². The Labute approximate surface area is 123 Å². The molecule has 3 heterocycles. The van der Waals surface area contributed by atoms with E-state index in [0.29, 0.717) is 17.3 Å². The van der Waals surface area contributed by atoms with Crippen LogP contribution in [-0.4, -0.2) is 39.9 Å². The predicted octanol–water partition coefficient (Wildman–Crippen LogP) is 2.64. The SMILES string of the molecule is O=C(O)C1CC2CCC1N2CC1Cc2ccccc2S1. The molecule has 2 saturated heterocycles. The van der Waals surface area contributed by atoms with Gasteiger partial charge in [0.1, 0.15) is 0 Å². The van der Waals surface area contributed by atoms with Crippen molar-refractivity contribution in [2.45, 2.75) is 47.9 Å². The summed E-state index contributed by atoms with van der Waals surface area (Å²) in [5, 5.41) is 9.92. The van der Waals surface area contributed by atoms with Gasteiger partial charge in [-0.15, -0.1) is 11.8 Å². The van der Waals surface area contributed by atoms with Crippen LogP contribution in [0.25, 0.3) is 0 Å². The van der Waals surface area contributed by atoms with Crippen LogP contribution in [-0.2, 0) is 11.2 Å². The summed E-state index contributed by atoms with van der Waals surface area (Å²) in [6.07, 6.45) is 4.27. The molecule has 2 bridgehead atoms. The summed E-state index contributed by atoms with van der Waals surface area (Å²) >= 11 is 1.98. The summed E-state index contributed by atoms with van der Waals surface area (Å²) in [6.45, 7) is 1.05. The highest BCUT2D eigenvalue weighted by atomic mass is 32.2. The van der Waals surface area contributed by atoms with Crippen molar-refractivity contribution in [2.75, 3.05) is 6.54 Å². The predicted molar refractivity (Wildman–Crippen MR) is 79.0 cm³/mol. The fourth-order valence-corrected chi connectivity index (χ4v) is 5.57. The van der Waals surface area contributed by atoms with Crippen molar-refractivity contribution in [3.63, 3.8) is 0 Å². The Morgan fingerprint density at radius 3 is 2.95 bits per heavy atom. The van der Waals surface area contributed by atoms with Crippen LogP contribution in [0.1, 0.15) is 24.8 Å². The van der Waals surface area contributed by atoms with Crippen LogP contribution in [0.5, 0.6) is 0 Å². The molecule has 1 N–H and O–H groups in total. The van der Waals surface area contributed by atoms with Gasteiger partial charge in [-0.1, -0.05) is 18.2 Å². The average molecular weight is 289 g/mol. The van der Waals surface area contributed by atoms with Crippen LogP contribution in [0.15, 0.2) is 29.2 Å². The minimum atomic E-state index is -0.593. The Morgan fingerprint density at radius 2 is 2.20 bits per heavy atom. The number of aliphatic carboxylic acids is 1. The molecule has 0 saturated carbocycles. The molecular weight excluding hydrogens is 270 g/mol. The van der Waals surface area contributed by atoms with Crippen molar-refractivity contribution in [2.24, 2.45) is 5.92 Å². The van der Waals surface area contributed by atoms with Crippen molar-refractivity contribution in [3.05, 3.63) is 29.8 Å². The molecule has 0 radical (unpaired) electrons. The minimum absolute atomic E-state index is 0.123. The largest absolute Gasteiger partial charge is 0.481 e. The molecule has 4 unspecified atom stereocenters. The topological polar surface area (TPSA) is 40.5 Å². The first-order chi connectivity index (χ1) is 9.72. The van der Waals surface area contributed by atoms with Gasteiger partial charge in [0.05, 0.1) is 5.92 Å². The molecule has 3 nitrogen and oxygen atoms in total. The lowest BCUT2D eigenvalue weighted by Crippen LogP contribution is -2.37. The van der Waals surface area contributed by atoms with Crippen LogP contribution in [0.4, 0.5) is 0 Å². The molecule has 3 aliphatic heterocycles. The normalized spacial score (nSPS) is 35.4.